The van der Waals surface area contributed by atoms with Crippen LogP contribution in [0.5, 0.6) is 0 Å². The first-order valence-electron chi connectivity index (χ1n) is 8.72. The van der Waals surface area contributed by atoms with Crippen molar-refractivity contribution in [1.29, 1.82) is 0 Å². The first-order valence-corrected chi connectivity index (χ1v) is 8.72. The highest BCUT2D eigenvalue weighted by molar-refractivity contribution is 5.92. The number of hydrogen-bond donors (Lipinski definition) is 1. The minimum atomic E-state index is -0.0219. The lowest BCUT2D eigenvalue weighted by Crippen LogP contribution is -2.59. The molecule has 6 nitrogen and oxygen atoms in total. The van der Waals surface area contributed by atoms with E-state index in [9.17, 15) is 4.79 Å². The van der Waals surface area contributed by atoms with Gasteiger partial charge in [0.25, 0.3) is 5.91 Å². The van der Waals surface area contributed by atoms with E-state index in [-0.39, 0.29) is 11.4 Å². The van der Waals surface area contributed by atoms with Crippen LogP contribution in [0.25, 0.3) is 0 Å². The molecule has 1 N–H and O–H groups in total. The van der Waals surface area contributed by atoms with E-state index in [1.807, 2.05) is 20.0 Å². The van der Waals surface area contributed by atoms with Crippen molar-refractivity contribution >= 4 is 5.91 Å². The highest BCUT2D eigenvalue weighted by Crippen LogP contribution is 2.33. The Balaban J connectivity index is 1.68. The van der Waals surface area contributed by atoms with Gasteiger partial charge in [0.15, 0.2) is 0 Å². The minimum absolute atomic E-state index is 0.0219. The number of hydrogen-bond acceptors (Lipinski definition) is 4. The third-order valence-corrected chi connectivity index (χ3v) is 5.28. The molecule has 0 radical (unpaired) electrons. The van der Waals surface area contributed by atoms with Gasteiger partial charge in [0.05, 0.1) is 18.9 Å². The predicted molar refractivity (Wildman–Crippen MR) is 88.5 cm³/mol. The first-order chi connectivity index (χ1) is 11.1. The van der Waals surface area contributed by atoms with Crippen LogP contribution >= 0.6 is 0 Å². The molecule has 2 heterocycles. The highest BCUT2D eigenvalue weighted by Gasteiger charge is 2.38. The maximum atomic E-state index is 12.5. The van der Waals surface area contributed by atoms with Gasteiger partial charge in [-0.2, -0.15) is 5.10 Å². The van der Waals surface area contributed by atoms with Crippen LogP contribution in [0, 0.1) is 6.92 Å². The normalized spacial score (nSPS) is 22.0. The summed E-state index contributed by atoms with van der Waals surface area (Å²) in [6.07, 6.45) is 6.13. The van der Waals surface area contributed by atoms with Crippen molar-refractivity contribution in [2.24, 2.45) is 7.05 Å². The lowest BCUT2D eigenvalue weighted by atomic mass is 9.79. The van der Waals surface area contributed by atoms with E-state index < -0.39 is 0 Å². The minimum Gasteiger partial charge on any atom is -0.379 e. The van der Waals surface area contributed by atoms with Gasteiger partial charge in [-0.05, 0) is 25.8 Å². The van der Waals surface area contributed by atoms with Crippen molar-refractivity contribution in [2.75, 3.05) is 32.8 Å². The highest BCUT2D eigenvalue weighted by atomic mass is 16.5. The van der Waals surface area contributed by atoms with Crippen molar-refractivity contribution in [1.82, 2.24) is 20.0 Å². The van der Waals surface area contributed by atoms with Gasteiger partial charge in [0, 0.05) is 32.2 Å². The second-order valence-corrected chi connectivity index (χ2v) is 6.86. The zero-order valence-corrected chi connectivity index (χ0v) is 14.3. The average molecular weight is 320 g/mol. The zero-order chi connectivity index (χ0) is 16.3. The molecule has 23 heavy (non-hydrogen) atoms. The maximum absolute atomic E-state index is 12.5. The predicted octanol–water partition coefficient (Wildman–Crippen LogP) is 1.49. The monoisotopic (exact) mass is 320 g/mol. The number of aryl methyl sites for hydroxylation is 2. The fourth-order valence-electron chi connectivity index (χ4n) is 4.01. The standard InChI is InChI=1S/C17H28N4O2/c1-14-12-15(20(2)19-14)16(22)18-13-17(6-4-3-5-7-17)21-8-10-23-11-9-21/h12H,3-11,13H2,1-2H3,(H,18,22). The summed E-state index contributed by atoms with van der Waals surface area (Å²) in [6, 6.07) is 1.84. The molecule has 2 fully saturated rings. The lowest BCUT2D eigenvalue weighted by Gasteiger charge is -2.48. The number of carbonyl (C=O) groups excluding carboxylic acids is 1. The number of morpholine rings is 1. The fourth-order valence-corrected chi connectivity index (χ4v) is 4.01. The van der Waals surface area contributed by atoms with E-state index in [0.29, 0.717) is 5.69 Å². The maximum Gasteiger partial charge on any atom is 0.269 e. The van der Waals surface area contributed by atoms with Gasteiger partial charge < -0.3 is 10.1 Å². The Labute approximate surface area is 138 Å². The van der Waals surface area contributed by atoms with E-state index in [1.54, 1.807) is 4.68 Å². The van der Waals surface area contributed by atoms with Crippen LogP contribution in [0.2, 0.25) is 0 Å². The fraction of sp³-hybridized carbons (Fsp3) is 0.765. The molecular weight excluding hydrogens is 292 g/mol. The molecule has 3 rings (SSSR count). The number of aromatic nitrogens is 2. The van der Waals surface area contributed by atoms with Crippen molar-refractivity contribution in [2.45, 2.75) is 44.6 Å². The molecule has 1 saturated carbocycles. The number of nitrogens with one attached hydrogen (secondary N) is 1. The topological polar surface area (TPSA) is 59.4 Å². The van der Waals surface area contributed by atoms with Crippen molar-refractivity contribution in [3.05, 3.63) is 17.5 Å². The summed E-state index contributed by atoms with van der Waals surface area (Å²) in [6.45, 7) is 6.18. The van der Waals surface area contributed by atoms with Crippen LogP contribution in [0.1, 0.15) is 48.3 Å². The van der Waals surface area contributed by atoms with Crippen LogP contribution in [0.4, 0.5) is 0 Å². The Bertz CT molecular complexity index is 543. The van der Waals surface area contributed by atoms with Crippen LogP contribution in [0.3, 0.4) is 0 Å². The van der Waals surface area contributed by atoms with Gasteiger partial charge >= 0.3 is 0 Å². The molecule has 128 valence electrons. The third-order valence-electron chi connectivity index (χ3n) is 5.28. The number of amides is 1. The first kappa shape index (κ1) is 16.5. The smallest absolute Gasteiger partial charge is 0.269 e. The largest absolute Gasteiger partial charge is 0.379 e. The molecule has 0 atom stereocenters. The van der Waals surface area contributed by atoms with E-state index >= 15 is 0 Å². The summed E-state index contributed by atoms with van der Waals surface area (Å²) in [4.78, 5) is 15.1. The van der Waals surface area contributed by atoms with Gasteiger partial charge in [-0.15, -0.1) is 0 Å². The molecule has 1 aliphatic carbocycles. The van der Waals surface area contributed by atoms with Crippen LogP contribution in [-0.2, 0) is 11.8 Å². The van der Waals surface area contributed by atoms with Crippen LogP contribution in [-0.4, -0.2) is 59.0 Å². The number of rotatable bonds is 4. The molecule has 0 bridgehead atoms. The van der Waals surface area contributed by atoms with Crippen LogP contribution in [0.15, 0.2) is 6.07 Å². The van der Waals surface area contributed by atoms with Gasteiger partial charge in [-0.3, -0.25) is 14.4 Å². The van der Waals surface area contributed by atoms with Crippen molar-refractivity contribution in [3.8, 4) is 0 Å². The molecule has 6 heteroatoms. The summed E-state index contributed by atoms with van der Waals surface area (Å²) in [5.74, 6) is -0.0219. The molecule has 1 aromatic rings. The number of carbonyl (C=O) groups is 1. The van der Waals surface area contributed by atoms with Gasteiger partial charge in [-0.1, -0.05) is 19.3 Å². The molecule has 0 aromatic carbocycles. The SMILES string of the molecule is Cc1cc(C(=O)NCC2(N3CCOCC3)CCCCC2)n(C)n1. The second kappa shape index (κ2) is 7.01. The second-order valence-electron chi connectivity index (χ2n) is 6.86. The molecule has 0 spiro atoms. The summed E-state index contributed by atoms with van der Waals surface area (Å²) < 4.78 is 7.17. The van der Waals surface area contributed by atoms with E-state index in [0.717, 1.165) is 51.4 Å². The van der Waals surface area contributed by atoms with E-state index in [2.05, 4.69) is 15.3 Å². The molecular formula is C17H28N4O2. The quantitative estimate of drug-likeness (QED) is 0.913. The Hall–Kier alpha value is -1.40. The Morgan fingerprint density at radius 2 is 2.00 bits per heavy atom. The van der Waals surface area contributed by atoms with Gasteiger partial charge in [-0.25, -0.2) is 0 Å². The van der Waals surface area contributed by atoms with Gasteiger partial charge in [0.2, 0.25) is 0 Å². The van der Waals surface area contributed by atoms with E-state index in [1.165, 1.54) is 19.3 Å². The Morgan fingerprint density at radius 1 is 1.30 bits per heavy atom. The molecule has 1 aliphatic heterocycles. The number of nitrogens with zero attached hydrogens (tertiary/aromatic N) is 3. The summed E-state index contributed by atoms with van der Waals surface area (Å²) in [7, 11) is 1.82. The Morgan fingerprint density at radius 3 is 2.61 bits per heavy atom. The zero-order valence-electron chi connectivity index (χ0n) is 14.3. The van der Waals surface area contributed by atoms with Crippen LogP contribution < -0.4 is 5.32 Å². The summed E-state index contributed by atoms with van der Waals surface area (Å²) in [5, 5.41) is 7.44. The van der Waals surface area contributed by atoms with E-state index in [4.69, 9.17) is 4.74 Å². The van der Waals surface area contributed by atoms with Gasteiger partial charge in [0.1, 0.15) is 5.69 Å². The molecule has 0 unspecified atom stereocenters. The summed E-state index contributed by atoms with van der Waals surface area (Å²) in [5.41, 5.74) is 1.61. The molecule has 1 amide bonds. The van der Waals surface area contributed by atoms with Crippen molar-refractivity contribution < 1.29 is 9.53 Å². The molecule has 1 saturated heterocycles. The molecule has 1 aromatic heterocycles. The average Bonchev–Trinajstić information content (AvgIpc) is 2.93. The molecule has 2 aliphatic rings. The number of ether oxygens (including phenoxy) is 1. The Kier molecular flexibility index (Phi) is 5.02. The van der Waals surface area contributed by atoms with Crippen molar-refractivity contribution in [3.63, 3.8) is 0 Å². The third kappa shape index (κ3) is 3.58. The summed E-state index contributed by atoms with van der Waals surface area (Å²) >= 11 is 0. The lowest BCUT2D eigenvalue weighted by molar-refractivity contribution is -0.0361.